The number of hydrogen-bond donors (Lipinski definition) is 1. The Balaban J connectivity index is 1.93. The summed E-state index contributed by atoms with van der Waals surface area (Å²) in [6, 6.07) is 11.9. The van der Waals surface area contributed by atoms with Gasteiger partial charge in [0, 0.05) is 29.0 Å². The van der Waals surface area contributed by atoms with E-state index >= 15 is 4.39 Å². The molecular formula is C25H28FN3O2. The molecule has 6 heteroatoms. The third-order valence-electron chi connectivity index (χ3n) is 5.83. The van der Waals surface area contributed by atoms with Crippen molar-refractivity contribution in [2.45, 2.75) is 45.6 Å². The molecule has 1 aliphatic rings. The largest absolute Gasteiger partial charge is 0.497 e. The van der Waals surface area contributed by atoms with Crippen molar-refractivity contribution in [3.05, 3.63) is 58.9 Å². The lowest BCUT2D eigenvalue weighted by molar-refractivity contribution is -0.112. The monoisotopic (exact) mass is 421 g/mol. The average Bonchev–Trinajstić information content (AvgIpc) is 2.72. The molecular weight excluding hydrogens is 393 g/mol. The topological polar surface area (TPSA) is 65.4 Å². The van der Waals surface area contributed by atoms with E-state index in [1.807, 2.05) is 6.07 Å². The Labute approximate surface area is 183 Å². The fourth-order valence-electron chi connectivity index (χ4n) is 4.41. The Bertz CT molecular complexity index is 1050. The highest BCUT2D eigenvalue weighted by Crippen LogP contribution is 2.44. The van der Waals surface area contributed by atoms with Crippen LogP contribution in [0.4, 0.5) is 15.8 Å². The molecule has 2 aromatic rings. The first-order valence-corrected chi connectivity index (χ1v) is 10.4. The summed E-state index contributed by atoms with van der Waals surface area (Å²) in [7, 11) is 1.55. The number of halogens is 1. The van der Waals surface area contributed by atoms with E-state index in [0.29, 0.717) is 11.4 Å². The van der Waals surface area contributed by atoms with Crippen LogP contribution in [0, 0.1) is 17.1 Å². The molecule has 2 aromatic carbocycles. The van der Waals surface area contributed by atoms with Gasteiger partial charge < -0.3 is 15.0 Å². The number of methoxy groups -OCH3 is 1. The van der Waals surface area contributed by atoms with Gasteiger partial charge in [-0.3, -0.25) is 4.79 Å². The number of carbonyl (C=O) groups is 1. The van der Waals surface area contributed by atoms with Crippen molar-refractivity contribution in [3.8, 4) is 11.8 Å². The molecule has 0 aliphatic carbocycles. The summed E-state index contributed by atoms with van der Waals surface area (Å²) < 4.78 is 20.1. The lowest BCUT2D eigenvalue weighted by Crippen LogP contribution is -2.48. The van der Waals surface area contributed by atoms with Crippen molar-refractivity contribution in [1.82, 2.24) is 0 Å². The molecule has 3 rings (SSSR count). The first-order chi connectivity index (χ1) is 14.7. The molecule has 1 atom stereocenters. The fraction of sp³-hybridized carbons (Fsp3) is 0.360. The minimum atomic E-state index is -0.589. The number of fused-ring (bicyclic) bond motifs is 1. The van der Waals surface area contributed by atoms with Gasteiger partial charge in [0.1, 0.15) is 23.2 Å². The van der Waals surface area contributed by atoms with Crippen molar-refractivity contribution in [3.63, 3.8) is 0 Å². The summed E-state index contributed by atoms with van der Waals surface area (Å²) in [5, 5.41) is 12.2. The number of nitrogens with zero attached hydrogens (tertiary/aromatic N) is 2. The number of benzene rings is 2. The second-order valence-electron chi connectivity index (χ2n) is 8.45. The van der Waals surface area contributed by atoms with Crippen LogP contribution in [0.2, 0.25) is 0 Å². The van der Waals surface area contributed by atoms with Crippen LogP contribution in [0.5, 0.6) is 5.75 Å². The highest BCUT2D eigenvalue weighted by atomic mass is 19.1. The van der Waals surface area contributed by atoms with Gasteiger partial charge in [0.2, 0.25) is 0 Å². The summed E-state index contributed by atoms with van der Waals surface area (Å²) in [4.78, 5) is 14.8. The van der Waals surface area contributed by atoms with Crippen LogP contribution in [-0.4, -0.2) is 25.1 Å². The quantitative estimate of drug-likeness (QED) is 0.512. The zero-order valence-corrected chi connectivity index (χ0v) is 18.6. The molecule has 1 heterocycles. The van der Waals surface area contributed by atoms with Gasteiger partial charge in [0.15, 0.2) is 0 Å². The first kappa shape index (κ1) is 22.4. The van der Waals surface area contributed by atoms with Crippen molar-refractivity contribution in [2.75, 3.05) is 23.9 Å². The SMILES string of the molecule is CCN1c2cc(F)c(/C=C(\C#N)C(=O)Nc3ccc(OC)cc3)cc2C(C)CC1(C)C. The highest BCUT2D eigenvalue weighted by Gasteiger charge is 2.36. The lowest BCUT2D eigenvalue weighted by atomic mass is 9.79. The van der Waals surface area contributed by atoms with Gasteiger partial charge in [-0.15, -0.1) is 0 Å². The van der Waals surface area contributed by atoms with Gasteiger partial charge in [0.05, 0.1) is 7.11 Å². The molecule has 1 unspecified atom stereocenters. The minimum Gasteiger partial charge on any atom is -0.497 e. The van der Waals surface area contributed by atoms with E-state index in [4.69, 9.17) is 4.74 Å². The van der Waals surface area contributed by atoms with E-state index in [1.165, 1.54) is 12.1 Å². The van der Waals surface area contributed by atoms with E-state index in [9.17, 15) is 10.1 Å². The standard InChI is InChI=1S/C25H28FN3O2/c1-6-29-23-13-22(26)17(12-21(23)16(2)14-25(29,3)4)11-18(15-27)24(30)28-19-7-9-20(31-5)10-8-19/h7-13,16H,6,14H2,1-5H3,(H,28,30)/b18-11+. The molecule has 0 aromatic heterocycles. The Morgan fingerprint density at radius 3 is 2.61 bits per heavy atom. The summed E-state index contributed by atoms with van der Waals surface area (Å²) in [6.45, 7) is 9.29. The molecule has 162 valence electrons. The summed E-state index contributed by atoms with van der Waals surface area (Å²) in [5.41, 5.74) is 2.44. The predicted molar refractivity (Wildman–Crippen MR) is 122 cm³/mol. The maximum absolute atomic E-state index is 15.0. The smallest absolute Gasteiger partial charge is 0.266 e. The van der Waals surface area contributed by atoms with E-state index in [-0.39, 0.29) is 22.6 Å². The van der Waals surface area contributed by atoms with Gasteiger partial charge in [-0.25, -0.2) is 4.39 Å². The van der Waals surface area contributed by atoms with Gasteiger partial charge in [-0.2, -0.15) is 5.26 Å². The van der Waals surface area contributed by atoms with Crippen molar-refractivity contribution in [1.29, 1.82) is 5.26 Å². The Morgan fingerprint density at radius 1 is 1.35 bits per heavy atom. The predicted octanol–water partition coefficient (Wildman–Crippen LogP) is 5.49. The second kappa shape index (κ2) is 8.81. The van der Waals surface area contributed by atoms with Crippen LogP contribution >= 0.6 is 0 Å². The third-order valence-corrected chi connectivity index (χ3v) is 5.83. The molecule has 1 aliphatic heterocycles. The number of hydrogen-bond acceptors (Lipinski definition) is 4. The summed E-state index contributed by atoms with van der Waals surface area (Å²) in [5.74, 6) is -0.149. The van der Waals surface area contributed by atoms with E-state index in [1.54, 1.807) is 37.4 Å². The normalized spacial score (nSPS) is 17.5. The Kier molecular flexibility index (Phi) is 6.35. The third kappa shape index (κ3) is 4.56. The average molecular weight is 422 g/mol. The number of anilines is 2. The highest BCUT2D eigenvalue weighted by molar-refractivity contribution is 6.09. The zero-order chi connectivity index (χ0) is 22.8. The molecule has 1 amide bonds. The molecule has 0 radical (unpaired) electrons. The first-order valence-electron chi connectivity index (χ1n) is 10.4. The number of carbonyl (C=O) groups excluding carboxylic acids is 1. The Morgan fingerprint density at radius 2 is 2.03 bits per heavy atom. The number of nitrogens with one attached hydrogen (secondary N) is 1. The molecule has 0 spiro atoms. The molecule has 0 bridgehead atoms. The molecule has 1 N–H and O–H groups in total. The number of nitriles is 1. The van der Waals surface area contributed by atoms with Crippen LogP contribution in [0.15, 0.2) is 42.0 Å². The molecule has 5 nitrogen and oxygen atoms in total. The van der Waals surface area contributed by atoms with Gasteiger partial charge in [-0.05, 0) is 81.1 Å². The van der Waals surface area contributed by atoms with Gasteiger partial charge in [0.25, 0.3) is 5.91 Å². The van der Waals surface area contributed by atoms with Crippen molar-refractivity contribution < 1.29 is 13.9 Å². The number of amides is 1. The lowest BCUT2D eigenvalue weighted by Gasteiger charge is -2.47. The van der Waals surface area contributed by atoms with Crippen molar-refractivity contribution in [2.24, 2.45) is 0 Å². The fourth-order valence-corrected chi connectivity index (χ4v) is 4.41. The molecule has 0 fully saturated rings. The molecule has 31 heavy (non-hydrogen) atoms. The minimum absolute atomic E-state index is 0.0684. The van der Waals surface area contributed by atoms with Crippen LogP contribution < -0.4 is 15.0 Å². The van der Waals surface area contributed by atoms with Crippen LogP contribution in [0.3, 0.4) is 0 Å². The van der Waals surface area contributed by atoms with Crippen molar-refractivity contribution >= 4 is 23.4 Å². The van der Waals surface area contributed by atoms with E-state index < -0.39 is 11.7 Å². The number of ether oxygens (including phenoxy) is 1. The van der Waals surface area contributed by atoms with Crippen LogP contribution in [0.25, 0.3) is 6.08 Å². The second-order valence-corrected chi connectivity index (χ2v) is 8.45. The maximum Gasteiger partial charge on any atom is 0.266 e. The molecule has 0 saturated carbocycles. The summed E-state index contributed by atoms with van der Waals surface area (Å²) >= 11 is 0. The van der Waals surface area contributed by atoms with Crippen LogP contribution in [0.1, 0.15) is 51.2 Å². The Hall–Kier alpha value is -3.33. The van der Waals surface area contributed by atoms with Crippen LogP contribution in [-0.2, 0) is 4.79 Å². The summed E-state index contributed by atoms with van der Waals surface area (Å²) in [6.07, 6.45) is 2.25. The van der Waals surface area contributed by atoms with Gasteiger partial charge >= 0.3 is 0 Å². The van der Waals surface area contributed by atoms with E-state index in [2.05, 4.69) is 37.9 Å². The van der Waals surface area contributed by atoms with Gasteiger partial charge in [-0.1, -0.05) is 6.92 Å². The zero-order valence-electron chi connectivity index (χ0n) is 18.6. The van der Waals surface area contributed by atoms with E-state index in [0.717, 1.165) is 24.2 Å². The number of rotatable bonds is 5. The maximum atomic E-state index is 15.0. The molecule has 0 saturated heterocycles.